The molecule has 0 heterocycles. The van der Waals surface area contributed by atoms with Gasteiger partial charge in [-0.1, -0.05) is 33.1 Å². The third-order valence-electron chi connectivity index (χ3n) is 4.85. The Labute approximate surface area is 117 Å². The van der Waals surface area contributed by atoms with Gasteiger partial charge < -0.3 is 10.5 Å². The fraction of sp³-hybridized carbons (Fsp3) is 0.938. The molecule has 0 saturated heterocycles. The molecule has 110 valence electrons. The van der Waals surface area contributed by atoms with Crippen molar-refractivity contribution in [3.63, 3.8) is 0 Å². The maximum Gasteiger partial charge on any atom is 0.323 e. The Morgan fingerprint density at radius 1 is 1.05 bits per heavy atom. The lowest BCUT2D eigenvalue weighted by Crippen LogP contribution is -2.42. The SMILES string of the molecule is CC1CC(C)CC(OC(=O)C(N)C2CCCCC2)C1. The van der Waals surface area contributed by atoms with Crippen molar-refractivity contribution >= 4 is 5.97 Å². The van der Waals surface area contributed by atoms with Gasteiger partial charge in [0.25, 0.3) is 0 Å². The highest BCUT2D eigenvalue weighted by Crippen LogP contribution is 2.31. The molecule has 2 aliphatic rings. The first kappa shape index (κ1) is 14.8. The molecule has 19 heavy (non-hydrogen) atoms. The van der Waals surface area contributed by atoms with Gasteiger partial charge in [-0.2, -0.15) is 0 Å². The summed E-state index contributed by atoms with van der Waals surface area (Å²) in [6.07, 6.45) is 9.26. The average Bonchev–Trinajstić information content (AvgIpc) is 2.37. The van der Waals surface area contributed by atoms with Gasteiger partial charge in [0.15, 0.2) is 0 Å². The van der Waals surface area contributed by atoms with Gasteiger partial charge in [-0.3, -0.25) is 4.79 Å². The third-order valence-corrected chi connectivity index (χ3v) is 4.85. The summed E-state index contributed by atoms with van der Waals surface area (Å²) < 4.78 is 5.68. The van der Waals surface area contributed by atoms with E-state index in [1.165, 1.54) is 25.7 Å². The Kier molecular flexibility index (Phi) is 5.26. The molecule has 2 aliphatic carbocycles. The molecule has 2 N–H and O–H groups in total. The fourth-order valence-electron chi connectivity index (χ4n) is 3.90. The molecule has 3 heteroatoms. The van der Waals surface area contributed by atoms with E-state index in [2.05, 4.69) is 13.8 Å². The molecule has 0 aromatic heterocycles. The zero-order valence-electron chi connectivity index (χ0n) is 12.4. The van der Waals surface area contributed by atoms with Crippen LogP contribution in [0, 0.1) is 17.8 Å². The minimum Gasteiger partial charge on any atom is -0.461 e. The Balaban J connectivity index is 1.82. The predicted molar refractivity (Wildman–Crippen MR) is 76.6 cm³/mol. The van der Waals surface area contributed by atoms with Crippen LogP contribution in [0.5, 0.6) is 0 Å². The number of rotatable bonds is 3. The van der Waals surface area contributed by atoms with Crippen molar-refractivity contribution < 1.29 is 9.53 Å². The molecule has 3 nitrogen and oxygen atoms in total. The van der Waals surface area contributed by atoms with E-state index in [1.807, 2.05) is 0 Å². The fourth-order valence-corrected chi connectivity index (χ4v) is 3.90. The average molecular weight is 267 g/mol. The number of carbonyl (C=O) groups excluding carboxylic acids is 1. The van der Waals surface area contributed by atoms with Crippen molar-refractivity contribution in [2.45, 2.75) is 77.4 Å². The molecule has 0 aromatic rings. The van der Waals surface area contributed by atoms with Crippen LogP contribution in [0.1, 0.15) is 65.2 Å². The van der Waals surface area contributed by atoms with Gasteiger partial charge >= 0.3 is 5.97 Å². The summed E-state index contributed by atoms with van der Waals surface area (Å²) in [6.45, 7) is 4.50. The summed E-state index contributed by atoms with van der Waals surface area (Å²) in [7, 11) is 0. The number of hydrogen-bond acceptors (Lipinski definition) is 3. The van der Waals surface area contributed by atoms with Gasteiger partial charge in [-0.05, 0) is 49.9 Å². The zero-order chi connectivity index (χ0) is 13.8. The van der Waals surface area contributed by atoms with Crippen LogP contribution in [0.25, 0.3) is 0 Å². The van der Waals surface area contributed by atoms with Gasteiger partial charge in [0.05, 0.1) is 0 Å². The van der Waals surface area contributed by atoms with Gasteiger partial charge in [0.1, 0.15) is 12.1 Å². The van der Waals surface area contributed by atoms with Crippen LogP contribution in [0.3, 0.4) is 0 Å². The van der Waals surface area contributed by atoms with Crippen LogP contribution in [-0.4, -0.2) is 18.1 Å². The van der Waals surface area contributed by atoms with Crippen molar-refractivity contribution in [3.05, 3.63) is 0 Å². The molecule has 0 radical (unpaired) electrons. The molecule has 3 unspecified atom stereocenters. The second kappa shape index (κ2) is 6.74. The summed E-state index contributed by atoms with van der Waals surface area (Å²) in [4.78, 5) is 12.2. The van der Waals surface area contributed by atoms with E-state index in [-0.39, 0.29) is 12.1 Å². The predicted octanol–water partition coefficient (Wildman–Crippen LogP) is 3.26. The second-order valence-corrected chi connectivity index (χ2v) is 6.90. The first-order chi connectivity index (χ1) is 9.06. The van der Waals surface area contributed by atoms with Crippen LogP contribution in [0.2, 0.25) is 0 Å². The number of carbonyl (C=O) groups is 1. The highest BCUT2D eigenvalue weighted by molar-refractivity contribution is 5.76. The largest absolute Gasteiger partial charge is 0.461 e. The Morgan fingerprint density at radius 3 is 2.21 bits per heavy atom. The van der Waals surface area contributed by atoms with Crippen molar-refractivity contribution in [1.29, 1.82) is 0 Å². The summed E-state index contributed by atoms with van der Waals surface area (Å²) in [5, 5.41) is 0. The van der Waals surface area contributed by atoms with Crippen LogP contribution < -0.4 is 5.73 Å². The second-order valence-electron chi connectivity index (χ2n) is 6.90. The van der Waals surface area contributed by atoms with E-state index >= 15 is 0 Å². The summed E-state index contributed by atoms with van der Waals surface area (Å²) in [6, 6.07) is -0.396. The lowest BCUT2D eigenvalue weighted by atomic mass is 9.81. The molecule has 2 saturated carbocycles. The molecular weight excluding hydrogens is 238 g/mol. The molecule has 0 spiro atoms. The van der Waals surface area contributed by atoms with E-state index in [1.54, 1.807) is 0 Å². The van der Waals surface area contributed by atoms with Crippen molar-refractivity contribution in [2.75, 3.05) is 0 Å². The summed E-state index contributed by atoms with van der Waals surface area (Å²) in [5.74, 6) is 1.51. The van der Waals surface area contributed by atoms with E-state index in [0.717, 1.165) is 25.7 Å². The Morgan fingerprint density at radius 2 is 1.63 bits per heavy atom. The van der Waals surface area contributed by atoms with Crippen molar-refractivity contribution in [1.82, 2.24) is 0 Å². The minimum atomic E-state index is -0.396. The number of ether oxygens (including phenoxy) is 1. The summed E-state index contributed by atoms with van der Waals surface area (Å²) in [5.41, 5.74) is 6.10. The number of nitrogens with two attached hydrogens (primary N) is 1. The lowest BCUT2D eigenvalue weighted by molar-refractivity contribution is -0.155. The van der Waals surface area contributed by atoms with Crippen LogP contribution in [0.15, 0.2) is 0 Å². The van der Waals surface area contributed by atoms with Gasteiger partial charge in [-0.15, -0.1) is 0 Å². The van der Waals surface area contributed by atoms with Crippen LogP contribution in [0.4, 0.5) is 0 Å². The molecule has 2 fully saturated rings. The lowest BCUT2D eigenvalue weighted by Gasteiger charge is -2.33. The standard InChI is InChI=1S/C16H29NO2/c1-11-8-12(2)10-14(9-11)19-16(18)15(17)13-6-4-3-5-7-13/h11-15H,3-10,17H2,1-2H3. The Hall–Kier alpha value is -0.570. The maximum absolute atomic E-state index is 12.2. The number of esters is 1. The molecule has 0 aliphatic heterocycles. The van der Waals surface area contributed by atoms with E-state index in [4.69, 9.17) is 10.5 Å². The molecular formula is C16H29NO2. The molecule has 2 rings (SSSR count). The van der Waals surface area contributed by atoms with Crippen molar-refractivity contribution in [2.24, 2.45) is 23.5 Å². The van der Waals surface area contributed by atoms with Crippen molar-refractivity contribution in [3.8, 4) is 0 Å². The molecule has 0 bridgehead atoms. The van der Waals surface area contributed by atoms with E-state index in [9.17, 15) is 4.79 Å². The van der Waals surface area contributed by atoms with Crippen LogP contribution >= 0.6 is 0 Å². The first-order valence-electron chi connectivity index (χ1n) is 8.02. The quantitative estimate of drug-likeness (QED) is 0.798. The van der Waals surface area contributed by atoms with E-state index in [0.29, 0.717) is 17.8 Å². The summed E-state index contributed by atoms with van der Waals surface area (Å²) >= 11 is 0. The van der Waals surface area contributed by atoms with Gasteiger partial charge in [-0.25, -0.2) is 0 Å². The minimum absolute atomic E-state index is 0.0980. The molecule has 3 atom stereocenters. The normalized spacial score (nSPS) is 34.8. The van der Waals surface area contributed by atoms with Gasteiger partial charge in [0, 0.05) is 0 Å². The van der Waals surface area contributed by atoms with Gasteiger partial charge in [0.2, 0.25) is 0 Å². The molecule has 0 amide bonds. The number of hydrogen-bond donors (Lipinski definition) is 1. The zero-order valence-corrected chi connectivity index (χ0v) is 12.4. The smallest absolute Gasteiger partial charge is 0.323 e. The third kappa shape index (κ3) is 4.20. The van der Waals surface area contributed by atoms with E-state index < -0.39 is 6.04 Å². The molecule has 0 aromatic carbocycles. The highest BCUT2D eigenvalue weighted by atomic mass is 16.5. The highest BCUT2D eigenvalue weighted by Gasteiger charge is 2.31. The Bertz CT molecular complexity index is 289. The first-order valence-corrected chi connectivity index (χ1v) is 8.02. The topological polar surface area (TPSA) is 52.3 Å². The maximum atomic E-state index is 12.2. The monoisotopic (exact) mass is 267 g/mol. The van der Waals surface area contributed by atoms with Crippen LogP contribution in [-0.2, 0) is 9.53 Å².